The van der Waals surface area contributed by atoms with E-state index in [0.717, 1.165) is 4.90 Å². The van der Waals surface area contributed by atoms with Crippen LogP contribution in [0.1, 0.15) is 26.3 Å². The first-order chi connectivity index (χ1) is 12.4. The third kappa shape index (κ3) is 3.61. The number of nitrogens with zero attached hydrogens (tertiary/aromatic N) is 1. The minimum atomic E-state index is -3.68. The van der Waals surface area contributed by atoms with Gasteiger partial charge in [0.2, 0.25) is 10.0 Å². The van der Waals surface area contributed by atoms with Gasteiger partial charge < -0.3 is 4.74 Å². The maximum atomic E-state index is 12.3. The second-order valence-electron chi connectivity index (χ2n) is 5.76. The van der Waals surface area contributed by atoms with Gasteiger partial charge in [-0.15, -0.1) is 0 Å². The SMILES string of the molecule is COc1ccccc1CNS(=O)(=O)CCN1C(=O)c2ccccc2C1=O. The second-order valence-corrected chi connectivity index (χ2v) is 7.69. The molecule has 0 radical (unpaired) electrons. The van der Waals surface area contributed by atoms with Crippen molar-refractivity contribution >= 4 is 21.8 Å². The Labute approximate surface area is 151 Å². The Balaban J connectivity index is 1.62. The fraction of sp³-hybridized carbons (Fsp3) is 0.222. The summed E-state index contributed by atoms with van der Waals surface area (Å²) in [5.74, 6) is -0.722. The van der Waals surface area contributed by atoms with E-state index in [1.165, 1.54) is 7.11 Å². The summed E-state index contributed by atoms with van der Waals surface area (Å²) in [7, 11) is -2.17. The second kappa shape index (κ2) is 7.27. The van der Waals surface area contributed by atoms with E-state index in [9.17, 15) is 18.0 Å². The van der Waals surface area contributed by atoms with Crippen LogP contribution in [0.2, 0.25) is 0 Å². The highest BCUT2D eigenvalue weighted by molar-refractivity contribution is 7.89. The van der Waals surface area contributed by atoms with Crippen molar-refractivity contribution in [2.24, 2.45) is 0 Å². The average molecular weight is 374 g/mol. The van der Waals surface area contributed by atoms with Gasteiger partial charge in [0.15, 0.2) is 0 Å². The molecular weight excluding hydrogens is 356 g/mol. The molecule has 1 heterocycles. The number of methoxy groups -OCH3 is 1. The Kier molecular flexibility index (Phi) is 5.06. The maximum Gasteiger partial charge on any atom is 0.261 e. The lowest BCUT2D eigenvalue weighted by atomic mass is 10.1. The molecule has 0 saturated carbocycles. The van der Waals surface area contributed by atoms with E-state index >= 15 is 0 Å². The molecule has 1 N–H and O–H groups in total. The third-order valence-corrected chi connectivity index (χ3v) is 5.44. The molecule has 0 bridgehead atoms. The summed E-state index contributed by atoms with van der Waals surface area (Å²) in [6, 6.07) is 13.5. The number of imide groups is 1. The van der Waals surface area contributed by atoms with Crippen LogP contribution in [-0.2, 0) is 16.6 Å². The van der Waals surface area contributed by atoms with Gasteiger partial charge in [-0.2, -0.15) is 0 Å². The molecule has 0 spiro atoms. The van der Waals surface area contributed by atoms with Crippen LogP contribution in [0.5, 0.6) is 5.75 Å². The number of hydrogen-bond donors (Lipinski definition) is 1. The van der Waals surface area contributed by atoms with Crippen LogP contribution in [0.3, 0.4) is 0 Å². The molecule has 1 aliphatic heterocycles. The van der Waals surface area contributed by atoms with Gasteiger partial charge in [0, 0.05) is 18.7 Å². The normalized spacial score (nSPS) is 13.8. The van der Waals surface area contributed by atoms with Gasteiger partial charge in [0.25, 0.3) is 11.8 Å². The first-order valence-electron chi connectivity index (χ1n) is 7.97. The van der Waals surface area contributed by atoms with Crippen LogP contribution >= 0.6 is 0 Å². The predicted molar refractivity (Wildman–Crippen MR) is 95.4 cm³/mol. The van der Waals surface area contributed by atoms with E-state index in [2.05, 4.69) is 4.72 Å². The number of ether oxygens (including phenoxy) is 1. The van der Waals surface area contributed by atoms with Crippen LogP contribution in [0.4, 0.5) is 0 Å². The standard InChI is InChI=1S/C18H18N2O5S/c1-25-16-9-5-2-6-13(16)12-19-26(23,24)11-10-20-17(21)14-7-3-4-8-15(14)18(20)22/h2-9,19H,10-12H2,1H3. The van der Waals surface area contributed by atoms with Gasteiger partial charge in [0.05, 0.1) is 24.0 Å². The van der Waals surface area contributed by atoms with Gasteiger partial charge >= 0.3 is 0 Å². The molecule has 8 heteroatoms. The number of carbonyl (C=O) groups is 2. The highest BCUT2D eigenvalue weighted by Crippen LogP contribution is 2.22. The highest BCUT2D eigenvalue weighted by Gasteiger charge is 2.35. The Morgan fingerprint density at radius 2 is 1.54 bits per heavy atom. The molecule has 0 aliphatic carbocycles. The summed E-state index contributed by atoms with van der Waals surface area (Å²) < 4.78 is 32.1. The van der Waals surface area contributed by atoms with Crippen LogP contribution in [0.15, 0.2) is 48.5 Å². The van der Waals surface area contributed by atoms with Crippen molar-refractivity contribution in [3.05, 3.63) is 65.2 Å². The minimum Gasteiger partial charge on any atom is -0.496 e. The van der Waals surface area contributed by atoms with Crippen molar-refractivity contribution in [2.75, 3.05) is 19.4 Å². The third-order valence-electron chi connectivity index (χ3n) is 4.14. The van der Waals surface area contributed by atoms with Crippen LogP contribution < -0.4 is 9.46 Å². The summed E-state index contributed by atoms with van der Waals surface area (Å²) in [5.41, 5.74) is 1.30. The molecule has 136 valence electrons. The number of fused-ring (bicyclic) bond motifs is 1. The lowest BCUT2D eigenvalue weighted by molar-refractivity contribution is 0.0664. The summed E-state index contributed by atoms with van der Waals surface area (Å²) >= 11 is 0. The predicted octanol–water partition coefficient (Wildman–Crippen LogP) is 1.41. The lowest BCUT2D eigenvalue weighted by Gasteiger charge is -2.14. The topological polar surface area (TPSA) is 92.8 Å². The number of carbonyl (C=O) groups excluding carboxylic acids is 2. The number of para-hydroxylation sites is 1. The zero-order valence-electron chi connectivity index (χ0n) is 14.1. The minimum absolute atomic E-state index is 0.0640. The molecule has 0 atom stereocenters. The molecule has 2 aromatic rings. The number of sulfonamides is 1. The first kappa shape index (κ1) is 18.1. The average Bonchev–Trinajstić information content (AvgIpc) is 2.89. The van der Waals surface area contributed by atoms with Crippen molar-refractivity contribution in [3.63, 3.8) is 0 Å². The monoisotopic (exact) mass is 374 g/mol. The quantitative estimate of drug-likeness (QED) is 0.740. The van der Waals surface area contributed by atoms with Gasteiger partial charge in [0.1, 0.15) is 5.75 Å². The Bertz CT molecular complexity index is 921. The number of hydrogen-bond acceptors (Lipinski definition) is 5. The number of amides is 2. The fourth-order valence-corrected chi connectivity index (χ4v) is 3.71. The van der Waals surface area contributed by atoms with E-state index < -0.39 is 21.8 Å². The molecule has 0 aromatic heterocycles. The van der Waals surface area contributed by atoms with Crippen LogP contribution in [0, 0.1) is 0 Å². The number of nitrogens with one attached hydrogen (secondary N) is 1. The zero-order chi connectivity index (χ0) is 18.7. The molecule has 0 saturated heterocycles. The molecule has 3 rings (SSSR count). The van der Waals surface area contributed by atoms with Crippen molar-refractivity contribution in [1.29, 1.82) is 0 Å². The molecule has 2 aromatic carbocycles. The highest BCUT2D eigenvalue weighted by atomic mass is 32.2. The number of rotatable bonds is 7. The van der Waals surface area contributed by atoms with E-state index in [-0.39, 0.29) is 18.8 Å². The Morgan fingerprint density at radius 1 is 0.962 bits per heavy atom. The van der Waals surface area contributed by atoms with Gasteiger partial charge in [-0.1, -0.05) is 30.3 Å². The lowest BCUT2D eigenvalue weighted by Crippen LogP contribution is -2.37. The van der Waals surface area contributed by atoms with E-state index in [1.54, 1.807) is 48.5 Å². The summed E-state index contributed by atoms with van der Waals surface area (Å²) in [6.07, 6.45) is 0. The maximum absolute atomic E-state index is 12.3. The molecule has 2 amide bonds. The van der Waals surface area contributed by atoms with E-state index in [4.69, 9.17) is 4.74 Å². The molecule has 1 aliphatic rings. The van der Waals surface area contributed by atoms with Gasteiger partial charge in [-0.3, -0.25) is 14.5 Å². The Hall–Kier alpha value is -2.71. The summed E-state index contributed by atoms with van der Waals surface area (Å²) in [5, 5.41) is 0. The summed E-state index contributed by atoms with van der Waals surface area (Å²) in [4.78, 5) is 25.5. The summed E-state index contributed by atoms with van der Waals surface area (Å²) in [6.45, 7) is -0.137. The Morgan fingerprint density at radius 3 is 2.15 bits per heavy atom. The largest absolute Gasteiger partial charge is 0.496 e. The van der Waals surface area contributed by atoms with Crippen molar-refractivity contribution in [3.8, 4) is 5.75 Å². The fourth-order valence-electron chi connectivity index (χ4n) is 2.76. The zero-order valence-corrected chi connectivity index (χ0v) is 15.0. The van der Waals surface area contributed by atoms with E-state index in [1.807, 2.05) is 0 Å². The smallest absolute Gasteiger partial charge is 0.261 e. The van der Waals surface area contributed by atoms with Crippen molar-refractivity contribution in [2.45, 2.75) is 6.54 Å². The molecule has 26 heavy (non-hydrogen) atoms. The first-order valence-corrected chi connectivity index (χ1v) is 9.62. The van der Waals surface area contributed by atoms with Crippen molar-refractivity contribution in [1.82, 2.24) is 9.62 Å². The van der Waals surface area contributed by atoms with Crippen LogP contribution in [0.25, 0.3) is 0 Å². The number of benzene rings is 2. The van der Waals surface area contributed by atoms with Gasteiger partial charge in [-0.05, 0) is 18.2 Å². The molecule has 0 unspecified atom stereocenters. The molecule has 0 fully saturated rings. The van der Waals surface area contributed by atoms with Crippen LogP contribution in [-0.4, -0.2) is 44.5 Å². The van der Waals surface area contributed by atoms with Gasteiger partial charge in [-0.25, -0.2) is 13.1 Å². The van der Waals surface area contributed by atoms with Crippen molar-refractivity contribution < 1.29 is 22.7 Å². The van der Waals surface area contributed by atoms with E-state index in [0.29, 0.717) is 22.4 Å². The molecular formula is C18H18N2O5S. The molecule has 7 nitrogen and oxygen atoms in total.